The molecule has 0 spiro atoms. The van der Waals surface area contributed by atoms with Gasteiger partial charge in [0.2, 0.25) is 10.9 Å². The number of hydrogen-bond acceptors (Lipinski definition) is 5. The van der Waals surface area contributed by atoms with Crippen molar-refractivity contribution >= 4 is 51.3 Å². The van der Waals surface area contributed by atoms with Crippen LogP contribution in [0.3, 0.4) is 0 Å². The SMILES string of the molecule is Cc1cccc(NC(=O)CSc2nnc3scc(-c4ccc(Cl)cc4)n23)c1. The van der Waals surface area contributed by atoms with Gasteiger partial charge in [0.15, 0.2) is 5.16 Å². The first-order valence-electron chi connectivity index (χ1n) is 8.18. The summed E-state index contributed by atoms with van der Waals surface area (Å²) in [5.41, 5.74) is 3.91. The molecule has 0 aliphatic rings. The van der Waals surface area contributed by atoms with Crippen LogP contribution >= 0.6 is 34.7 Å². The van der Waals surface area contributed by atoms with Gasteiger partial charge < -0.3 is 5.32 Å². The van der Waals surface area contributed by atoms with E-state index < -0.39 is 0 Å². The molecule has 8 heteroatoms. The van der Waals surface area contributed by atoms with Gasteiger partial charge in [0, 0.05) is 16.1 Å². The molecule has 4 rings (SSSR count). The fourth-order valence-electron chi connectivity index (χ4n) is 2.66. The van der Waals surface area contributed by atoms with Gasteiger partial charge in [-0.1, -0.05) is 47.6 Å². The standard InChI is InChI=1S/C19H15ClN4OS2/c1-12-3-2-4-15(9-12)21-17(25)11-27-19-23-22-18-24(19)16(10-26-18)13-5-7-14(20)8-6-13/h2-10H,11H2,1H3,(H,21,25). The third-order valence-corrected chi connectivity index (χ3v) is 5.89. The molecule has 0 fully saturated rings. The maximum Gasteiger partial charge on any atom is 0.234 e. The van der Waals surface area contributed by atoms with Gasteiger partial charge in [-0.15, -0.1) is 21.5 Å². The van der Waals surface area contributed by atoms with Crippen molar-refractivity contribution in [2.24, 2.45) is 0 Å². The minimum Gasteiger partial charge on any atom is -0.325 e. The number of fused-ring (bicyclic) bond motifs is 1. The summed E-state index contributed by atoms with van der Waals surface area (Å²) >= 11 is 8.86. The first-order valence-corrected chi connectivity index (χ1v) is 10.4. The lowest BCUT2D eigenvalue weighted by atomic mass is 10.2. The molecule has 0 saturated heterocycles. The number of benzene rings is 2. The molecule has 2 heterocycles. The highest BCUT2D eigenvalue weighted by atomic mass is 35.5. The van der Waals surface area contributed by atoms with Crippen molar-refractivity contribution < 1.29 is 4.79 Å². The molecule has 27 heavy (non-hydrogen) atoms. The maximum atomic E-state index is 12.3. The van der Waals surface area contributed by atoms with Crippen molar-refractivity contribution in [2.45, 2.75) is 12.1 Å². The Labute approximate surface area is 169 Å². The Morgan fingerprint density at radius 2 is 2.04 bits per heavy atom. The number of aromatic nitrogens is 3. The Morgan fingerprint density at radius 3 is 2.81 bits per heavy atom. The van der Waals surface area contributed by atoms with E-state index >= 15 is 0 Å². The van der Waals surface area contributed by atoms with Crippen LogP contribution in [0.5, 0.6) is 0 Å². The van der Waals surface area contributed by atoms with Crippen LogP contribution < -0.4 is 5.32 Å². The summed E-state index contributed by atoms with van der Waals surface area (Å²) in [7, 11) is 0. The van der Waals surface area contributed by atoms with Crippen LogP contribution in [0, 0.1) is 6.92 Å². The predicted molar refractivity (Wildman–Crippen MR) is 112 cm³/mol. The fraction of sp³-hybridized carbons (Fsp3) is 0.105. The third kappa shape index (κ3) is 4.00. The highest BCUT2D eigenvalue weighted by molar-refractivity contribution is 7.99. The average molecular weight is 415 g/mol. The predicted octanol–water partition coefficient (Wildman–Crippen LogP) is 5.15. The molecule has 5 nitrogen and oxygen atoms in total. The van der Waals surface area contributed by atoms with Crippen molar-refractivity contribution in [1.82, 2.24) is 14.6 Å². The molecule has 2 aromatic carbocycles. The summed E-state index contributed by atoms with van der Waals surface area (Å²) in [5, 5.41) is 14.8. The van der Waals surface area contributed by atoms with Crippen molar-refractivity contribution in [3.05, 3.63) is 64.5 Å². The second kappa shape index (κ2) is 7.72. The molecule has 136 valence electrons. The second-order valence-corrected chi connectivity index (χ2v) is 8.15. The Kier molecular flexibility index (Phi) is 5.15. The number of rotatable bonds is 5. The van der Waals surface area contributed by atoms with Gasteiger partial charge in [-0.2, -0.15) is 0 Å². The van der Waals surface area contributed by atoms with Crippen molar-refractivity contribution in [3.8, 4) is 11.3 Å². The topological polar surface area (TPSA) is 59.3 Å². The maximum absolute atomic E-state index is 12.3. The lowest BCUT2D eigenvalue weighted by molar-refractivity contribution is -0.113. The molecular weight excluding hydrogens is 400 g/mol. The van der Waals surface area contributed by atoms with Gasteiger partial charge in [0.25, 0.3) is 0 Å². The van der Waals surface area contributed by atoms with Crippen LogP contribution in [-0.2, 0) is 4.79 Å². The van der Waals surface area contributed by atoms with Crippen LogP contribution in [0.25, 0.3) is 16.2 Å². The van der Waals surface area contributed by atoms with Gasteiger partial charge >= 0.3 is 0 Å². The highest BCUT2D eigenvalue weighted by Gasteiger charge is 2.15. The number of amides is 1. The van der Waals surface area contributed by atoms with E-state index in [0.29, 0.717) is 10.2 Å². The molecule has 2 aromatic heterocycles. The molecule has 1 N–H and O–H groups in total. The van der Waals surface area contributed by atoms with Gasteiger partial charge in [0.1, 0.15) is 0 Å². The van der Waals surface area contributed by atoms with Crippen LogP contribution in [0.4, 0.5) is 5.69 Å². The number of aryl methyl sites for hydroxylation is 1. The van der Waals surface area contributed by atoms with Crippen LogP contribution in [0.1, 0.15) is 5.56 Å². The lowest BCUT2D eigenvalue weighted by Gasteiger charge is -2.06. The molecule has 0 saturated carbocycles. The van der Waals surface area contributed by atoms with E-state index in [2.05, 4.69) is 15.5 Å². The Bertz CT molecular complexity index is 1100. The summed E-state index contributed by atoms with van der Waals surface area (Å²) in [5.74, 6) is 0.176. The van der Waals surface area contributed by atoms with Crippen molar-refractivity contribution in [1.29, 1.82) is 0 Å². The Morgan fingerprint density at radius 1 is 1.22 bits per heavy atom. The molecule has 0 bridgehead atoms. The number of carbonyl (C=O) groups is 1. The van der Waals surface area contributed by atoms with Crippen LogP contribution in [0.2, 0.25) is 5.02 Å². The number of nitrogens with one attached hydrogen (secondary N) is 1. The molecule has 0 aliphatic carbocycles. The van der Waals surface area contributed by atoms with Crippen molar-refractivity contribution in [3.63, 3.8) is 0 Å². The summed E-state index contributed by atoms with van der Waals surface area (Å²) in [6.45, 7) is 1.99. The largest absolute Gasteiger partial charge is 0.325 e. The van der Waals surface area contributed by atoms with Crippen molar-refractivity contribution in [2.75, 3.05) is 11.1 Å². The monoisotopic (exact) mass is 414 g/mol. The molecule has 4 aromatic rings. The summed E-state index contributed by atoms with van der Waals surface area (Å²) in [4.78, 5) is 13.1. The Balaban J connectivity index is 1.51. The molecule has 1 amide bonds. The zero-order valence-corrected chi connectivity index (χ0v) is 16.7. The minimum absolute atomic E-state index is 0.0781. The number of thioether (sulfide) groups is 1. The number of thiazole rings is 1. The average Bonchev–Trinajstić information content (AvgIpc) is 3.23. The van der Waals surface area contributed by atoms with E-state index in [-0.39, 0.29) is 11.7 Å². The van der Waals surface area contributed by atoms with E-state index in [1.807, 2.05) is 65.2 Å². The summed E-state index contributed by atoms with van der Waals surface area (Å²) < 4.78 is 1.97. The molecule has 0 unspecified atom stereocenters. The Hall–Kier alpha value is -2.35. The van der Waals surface area contributed by atoms with Crippen LogP contribution in [-0.4, -0.2) is 26.3 Å². The molecule has 0 radical (unpaired) electrons. The van der Waals surface area contributed by atoms with Gasteiger partial charge in [0.05, 0.1) is 11.4 Å². The minimum atomic E-state index is -0.0781. The van der Waals surface area contributed by atoms with E-state index in [1.54, 1.807) is 0 Å². The van der Waals surface area contributed by atoms with Crippen LogP contribution in [0.15, 0.2) is 59.1 Å². The quantitative estimate of drug-likeness (QED) is 0.459. The second-order valence-electron chi connectivity index (χ2n) is 5.93. The fourth-order valence-corrected chi connectivity index (χ4v) is 4.43. The zero-order chi connectivity index (χ0) is 18.8. The normalized spacial score (nSPS) is 11.0. The number of halogens is 1. The van der Waals surface area contributed by atoms with E-state index in [9.17, 15) is 4.79 Å². The summed E-state index contributed by atoms with van der Waals surface area (Å²) in [6.07, 6.45) is 0. The highest BCUT2D eigenvalue weighted by Crippen LogP contribution is 2.30. The number of nitrogens with zero attached hydrogens (tertiary/aromatic N) is 3. The number of hydrogen-bond donors (Lipinski definition) is 1. The molecule has 0 atom stereocenters. The number of carbonyl (C=O) groups excluding carboxylic acids is 1. The number of anilines is 1. The molecule has 0 aliphatic heterocycles. The van der Waals surface area contributed by atoms with E-state index in [1.165, 1.54) is 23.1 Å². The van der Waals surface area contributed by atoms with Gasteiger partial charge in [-0.05, 0) is 42.3 Å². The van der Waals surface area contributed by atoms with E-state index in [4.69, 9.17) is 11.6 Å². The molecular formula is C19H15ClN4OS2. The zero-order valence-electron chi connectivity index (χ0n) is 14.3. The first kappa shape index (κ1) is 18.0. The van der Waals surface area contributed by atoms with Gasteiger partial charge in [-0.25, -0.2) is 0 Å². The van der Waals surface area contributed by atoms with E-state index in [0.717, 1.165) is 27.5 Å². The first-order chi connectivity index (χ1) is 13.1. The summed E-state index contributed by atoms with van der Waals surface area (Å²) in [6, 6.07) is 15.4. The smallest absolute Gasteiger partial charge is 0.234 e. The van der Waals surface area contributed by atoms with Gasteiger partial charge in [-0.3, -0.25) is 9.20 Å². The lowest BCUT2D eigenvalue weighted by Crippen LogP contribution is -2.14. The third-order valence-electron chi connectivity index (χ3n) is 3.89.